The molecule has 2 atom stereocenters. The van der Waals surface area contributed by atoms with Crippen LogP contribution >= 0.6 is 0 Å². The zero-order valence-corrected chi connectivity index (χ0v) is 18.0. The second kappa shape index (κ2) is 7.83. The Kier molecular flexibility index (Phi) is 4.64. The molecule has 6 rings (SSSR count). The molecule has 172 valence electrons. The largest absolute Gasteiger partial charge is 0.494 e. The van der Waals surface area contributed by atoms with Crippen molar-refractivity contribution in [2.24, 2.45) is 10.3 Å². The Morgan fingerprint density at radius 2 is 1.88 bits per heavy atom. The number of amides is 2. The van der Waals surface area contributed by atoms with Gasteiger partial charge in [-0.05, 0) is 49.4 Å². The van der Waals surface area contributed by atoms with Crippen LogP contribution in [-0.4, -0.2) is 52.4 Å². The van der Waals surface area contributed by atoms with Gasteiger partial charge in [-0.15, -0.1) is 0 Å². The van der Waals surface area contributed by atoms with Crippen molar-refractivity contribution in [3.63, 3.8) is 0 Å². The van der Waals surface area contributed by atoms with Gasteiger partial charge in [0.05, 0.1) is 12.3 Å². The number of ether oxygens (including phenoxy) is 3. The molecule has 34 heavy (non-hydrogen) atoms. The van der Waals surface area contributed by atoms with E-state index in [1.165, 1.54) is 5.01 Å². The molecule has 0 aliphatic carbocycles. The lowest BCUT2D eigenvalue weighted by Crippen LogP contribution is -2.39. The van der Waals surface area contributed by atoms with E-state index >= 15 is 0 Å². The summed E-state index contributed by atoms with van der Waals surface area (Å²) in [5.74, 6) is 1.64. The smallest absolute Gasteiger partial charge is 0.263 e. The lowest BCUT2D eigenvalue weighted by molar-refractivity contribution is -0.123. The Labute approximate surface area is 192 Å². The van der Waals surface area contributed by atoms with Crippen molar-refractivity contribution in [3.8, 4) is 28.6 Å². The summed E-state index contributed by atoms with van der Waals surface area (Å²) in [5, 5.41) is 13.4. The molecular formula is C22H18N6O6. The second-order valence-corrected chi connectivity index (χ2v) is 7.71. The van der Waals surface area contributed by atoms with Crippen LogP contribution in [0.5, 0.6) is 17.2 Å². The number of carbonyl (C=O) groups is 2. The normalized spacial score (nSPS) is 20.4. The van der Waals surface area contributed by atoms with E-state index in [2.05, 4.69) is 20.5 Å². The third-order valence-corrected chi connectivity index (χ3v) is 5.66. The molecule has 0 radical (unpaired) electrons. The van der Waals surface area contributed by atoms with Gasteiger partial charge < -0.3 is 18.7 Å². The third-order valence-electron chi connectivity index (χ3n) is 5.66. The number of benzene rings is 2. The van der Waals surface area contributed by atoms with Gasteiger partial charge >= 0.3 is 0 Å². The van der Waals surface area contributed by atoms with Crippen molar-refractivity contribution in [1.29, 1.82) is 0 Å². The average molecular weight is 462 g/mol. The molecule has 0 N–H and O–H groups in total. The fraction of sp³-hybridized carbons (Fsp3) is 0.273. The number of carbonyl (C=O) groups excluding carboxylic acids is 2. The highest BCUT2D eigenvalue weighted by molar-refractivity contribution is 6.25. The van der Waals surface area contributed by atoms with Gasteiger partial charge in [0.1, 0.15) is 12.3 Å². The summed E-state index contributed by atoms with van der Waals surface area (Å²) < 4.78 is 21.5. The minimum Gasteiger partial charge on any atom is -0.494 e. The van der Waals surface area contributed by atoms with Gasteiger partial charge in [-0.3, -0.25) is 14.6 Å². The molecule has 12 heteroatoms. The molecule has 3 aliphatic heterocycles. The van der Waals surface area contributed by atoms with Crippen LogP contribution in [0.1, 0.15) is 12.8 Å². The Hall–Kier alpha value is -4.48. The van der Waals surface area contributed by atoms with Crippen LogP contribution in [-0.2, 0) is 16.1 Å². The van der Waals surface area contributed by atoms with Gasteiger partial charge in [0.2, 0.25) is 18.5 Å². The van der Waals surface area contributed by atoms with Crippen LogP contribution in [0.25, 0.3) is 11.4 Å². The van der Waals surface area contributed by atoms with Crippen molar-refractivity contribution in [1.82, 2.24) is 15.1 Å². The zero-order chi connectivity index (χ0) is 23.2. The minimum atomic E-state index is -0.921. The van der Waals surface area contributed by atoms with E-state index in [1.807, 2.05) is 6.92 Å². The maximum atomic E-state index is 13.2. The molecule has 0 saturated carbocycles. The number of hydrogen-bond acceptors (Lipinski definition) is 11. The molecule has 2 amide bonds. The van der Waals surface area contributed by atoms with Crippen molar-refractivity contribution in [3.05, 3.63) is 48.4 Å². The third kappa shape index (κ3) is 3.22. The van der Waals surface area contributed by atoms with Gasteiger partial charge in [-0.1, -0.05) is 10.4 Å². The highest BCUT2D eigenvalue weighted by Gasteiger charge is 2.55. The number of anilines is 1. The SMILES string of the molecule is CCOc1ccc(N2C(=O)[C@H]3N=NN(Cc4nc(-c5ccc6c(c5)OCO6)no4)[C@H]3C2=O)cc1. The molecule has 3 aromatic rings. The molecular weight excluding hydrogens is 444 g/mol. The lowest BCUT2D eigenvalue weighted by Gasteiger charge is -2.19. The van der Waals surface area contributed by atoms with Crippen molar-refractivity contribution in [2.45, 2.75) is 25.6 Å². The summed E-state index contributed by atoms with van der Waals surface area (Å²) in [4.78, 5) is 31.6. The molecule has 0 unspecified atom stereocenters. The van der Waals surface area contributed by atoms with E-state index in [0.717, 1.165) is 4.90 Å². The van der Waals surface area contributed by atoms with Gasteiger partial charge in [-0.2, -0.15) is 10.1 Å². The monoisotopic (exact) mass is 462 g/mol. The Bertz CT molecular complexity index is 1310. The van der Waals surface area contributed by atoms with Crippen LogP contribution in [0.2, 0.25) is 0 Å². The number of aromatic nitrogens is 2. The van der Waals surface area contributed by atoms with E-state index in [9.17, 15) is 9.59 Å². The number of hydrogen-bond donors (Lipinski definition) is 0. The minimum absolute atomic E-state index is 0.0261. The van der Waals surface area contributed by atoms with Gasteiger partial charge in [0.15, 0.2) is 23.6 Å². The summed E-state index contributed by atoms with van der Waals surface area (Å²) >= 11 is 0. The highest BCUT2D eigenvalue weighted by Crippen LogP contribution is 2.36. The molecule has 0 spiro atoms. The first-order valence-corrected chi connectivity index (χ1v) is 10.6. The van der Waals surface area contributed by atoms with E-state index in [0.29, 0.717) is 40.9 Å². The standard InChI is InChI=1S/C22H18N6O6/c1-2-31-14-6-4-13(5-7-14)28-21(29)18-19(22(28)30)27(26-24-18)10-17-23-20(25-34-17)12-3-8-15-16(9-12)33-11-32-15/h3-9,18-19H,2,10-11H2,1H3/t18-,19+/m0/s1. The predicted octanol–water partition coefficient (Wildman–Crippen LogP) is 2.36. The Morgan fingerprint density at radius 1 is 1.06 bits per heavy atom. The second-order valence-electron chi connectivity index (χ2n) is 7.71. The van der Waals surface area contributed by atoms with Crippen LogP contribution in [0.4, 0.5) is 5.69 Å². The molecule has 0 bridgehead atoms. The van der Waals surface area contributed by atoms with E-state index in [4.69, 9.17) is 18.7 Å². The molecule has 1 aromatic heterocycles. The quantitative estimate of drug-likeness (QED) is 0.506. The summed E-state index contributed by atoms with van der Waals surface area (Å²) in [6.07, 6.45) is 0. The molecule has 12 nitrogen and oxygen atoms in total. The maximum absolute atomic E-state index is 13.2. The van der Waals surface area contributed by atoms with Crippen LogP contribution in [0.15, 0.2) is 57.3 Å². The van der Waals surface area contributed by atoms with Crippen LogP contribution in [0.3, 0.4) is 0 Å². The number of nitrogens with zero attached hydrogens (tertiary/aromatic N) is 6. The Balaban J connectivity index is 1.19. The van der Waals surface area contributed by atoms with Crippen LogP contribution < -0.4 is 19.1 Å². The van der Waals surface area contributed by atoms with Crippen molar-refractivity contribution < 1.29 is 28.3 Å². The van der Waals surface area contributed by atoms with Gasteiger partial charge in [0, 0.05) is 5.56 Å². The van der Waals surface area contributed by atoms with E-state index < -0.39 is 23.9 Å². The topological polar surface area (TPSA) is 132 Å². The highest BCUT2D eigenvalue weighted by atomic mass is 16.7. The van der Waals surface area contributed by atoms with E-state index in [-0.39, 0.29) is 19.2 Å². The molecule has 1 saturated heterocycles. The van der Waals surface area contributed by atoms with E-state index in [1.54, 1.807) is 42.5 Å². The van der Waals surface area contributed by atoms with Crippen LogP contribution in [0, 0.1) is 0 Å². The number of rotatable bonds is 6. The summed E-state index contributed by atoms with van der Waals surface area (Å²) in [6.45, 7) is 2.59. The fourth-order valence-corrected chi connectivity index (χ4v) is 4.08. The number of imide groups is 1. The summed E-state index contributed by atoms with van der Waals surface area (Å²) in [5.41, 5.74) is 1.14. The van der Waals surface area contributed by atoms with Crippen molar-refractivity contribution in [2.75, 3.05) is 18.3 Å². The molecule has 2 aromatic carbocycles. The maximum Gasteiger partial charge on any atom is 0.263 e. The average Bonchev–Trinajstić information content (AvgIpc) is 3.62. The fourth-order valence-electron chi connectivity index (χ4n) is 4.08. The van der Waals surface area contributed by atoms with Crippen molar-refractivity contribution >= 4 is 17.5 Å². The first kappa shape index (κ1) is 20.1. The zero-order valence-electron chi connectivity index (χ0n) is 18.0. The first-order chi connectivity index (χ1) is 16.6. The number of fused-ring (bicyclic) bond motifs is 2. The van der Waals surface area contributed by atoms with Gasteiger partial charge in [-0.25, -0.2) is 4.90 Å². The lowest BCUT2D eigenvalue weighted by atomic mass is 10.1. The molecule has 4 heterocycles. The summed E-state index contributed by atoms with van der Waals surface area (Å²) in [7, 11) is 0. The summed E-state index contributed by atoms with van der Waals surface area (Å²) in [6, 6.07) is 10.3. The Morgan fingerprint density at radius 3 is 2.71 bits per heavy atom. The molecule has 1 fully saturated rings. The predicted molar refractivity (Wildman–Crippen MR) is 114 cm³/mol. The first-order valence-electron chi connectivity index (χ1n) is 10.6. The van der Waals surface area contributed by atoms with Gasteiger partial charge in [0.25, 0.3) is 11.8 Å². The molecule has 3 aliphatic rings.